The van der Waals surface area contributed by atoms with E-state index in [2.05, 4.69) is 5.32 Å². The third kappa shape index (κ3) is 3.98. The average Bonchev–Trinajstić information content (AvgIpc) is 2.72. The zero-order valence-electron chi connectivity index (χ0n) is 14.4. The zero-order chi connectivity index (χ0) is 18.4. The van der Waals surface area contributed by atoms with E-state index in [9.17, 15) is 9.59 Å². The van der Waals surface area contributed by atoms with Gasteiger partial charge < -0.3 is 10.1 Å². The molecule has 26 heavy (non-hydrogen) atoms. The van der Waals surface area contributed by atoms with Gasteiger partial charge in [-0.15, -0.1) is 0 Å². The molecule has 0 fully saturated rings. The van der Waals surface area contributed by atoms with Crippen molar-refractivity contribution in [3.05, 3.63) is 102 Å². The topological polar surface area (TPSA) is 55.4 Å². The maximum atomic E-state index is 13.0. The monoisotopic (exact) mass is 345 g/mol. The van der Waals surface area contributed by atoms with Crippen LogP contribution in [-0.2, 0) is 4.74 Å². The standard InChI is InChI=1S/C22H19NO3/c1-26-22(25)18-12-14-19(15-13-18)23-20(16-8-4-2-5-9-16)21(24)17-10-6-3-7-11-17/h2-15,20,23H,1H3/t20-/m0/s1. The number of carbonyl (C=O) groups is 2. The summed E-state index contributed by atoms with van der Waals surface area (Å²) in [7, 11) is 1.35. The van der Waals surface area contributed by atoms with E-state index in [1.54, 1.807) is 36.4 Å². The number of ketones is 1. The molecule has 3 rings (SSSR count). The first-order chi connectivity index (χ1) is 12.7. The van der Waals surface area contributed by atoms with Crippen LogP contribution in [0, 0.1) is 0 Å². The molecule has 0 aliphatic heterocycles. The Balaban J connectivity index is 1.89. The Hall–Kier alpha value is -3.40. The van der Waals surface area contributed by atoms with E-state index in [1.165, 1.54) is 7.11 Å². The highest BCUT2D eigenvalue weighted by molar-refractivity contribution is 6.02. The van der Waals surface area contributed by atoms with Crippen LogP contribution in [0.1, 0.15) is 32.3 Å². The van der Waals surface area contributed by atoms with Gasteiger partial charge >= 0.3 is 5.97 Å². The summed E-state index contributed by atoms with van der Waals surface area (Å²) in [5.41, 5.74) is 2.72. The Morgan fingerprint density at radius 2 is 1.35 bits per heavy atom. The maximum absolute atomic E-state index is 13.0. The molecular weight excluding hydrogens is 326 g/mol. The summed E-state index contributed by atoms with van der Waals surface area (Å²) in [6, 6.07) is 25.1. The van der Waals surface area contributed by atoms with E-state index in [0.29, 0.717) is 11.1 Å². The normalized spacial score (nSPS) is 11.4. The second kappa shape index (κ2) is 8.12. The highest BCUT2D eigenvalue weighted by atomic mass is 16.5. The number of benzene rings is 3. The molecule has 0 heterocycles. The van der Waals surface area contributed by atoms with Gasteiger partial charge in [-0.3, -0.25) is 4.79 Å². The quantitative estimate of drug-likeness (QED) is 0.527. The van der Waals surface area contributed by atoms with Gasteiger partial charge in [0.2, 0.25) is 0 Å². The maximum Gasteiger partial charge on any atom is 0.337 e. The predicted octanol–water partition coefficient (Wildman–Crippen LogP) is 4.51. The van der Waals surface area contributed by atoms with Crippen molar-refractivity contribution < 1.29 is 14.3 Å². The minimum absolute atomic E-state index is 0.0196. The molecule has 0 spiro atoms. The summed E-state index contributed by atoms with van der Waals surface area (Å²) in [6.45, 7) is 0. The Kier molecular flexibility index (Phi) is 5.44. The molecule has 130 valence electrons. The number of rotatable bonds is 6. The summed E-state index contributed by atoms with van der Waals surface area (Å²) in [5, 5.41) is 3.28. The van der Waals surface area contributed by atoms with E-state index in [4.69, 9.17) is 4.74 Å². The number of hydrogen-bond donors (Lipinski definition) is 1. The lowest BCUT2D eigenvalue weighted by Gasteiger charge is -2.19. The minimum Gasteiger partial charge on any atom is -0.465 e. The van der Waals surface area contributed by atoms with Crippen LogP contribution in [0.4, 0.5) is 5.69 Å². The van der Waals surface area contributed by atoms with Gasteiger partial charge in [0.25, 0.3) is 0 Å². The summed E-state index contributed by atoms with van der Waals surface area (Å²) < 4.78 is 4.71. The third-order valence-electron chi connectivity index (χ3n) is 4.07. The van der Waals surface area contributed by atoms with Crippen molar-refractivity contribution in [2.24, 2.45) is 0 Å². The van der Waals surface area contributed by atoms with Gasteiger partial charge in [0.15, 0.2) is 5.78 Å². The fourth-order valence-corrected chi connectivity index (χ4v) is 2.70. The van der Waals surface area contributed by atoms with E-state index >= 15 is 0 Å². The second-order valence-corrected chi connectivity index (χ2v) is 5.79. The number of hydrogen-bond acceptors (Lipinski definition) is 4. The second-order valence-electron chi connectivity index (χ2n) is 5.79. The number of Topliss-reactive ketones (excluding diaryl/α,β-unsaturated/α-hetero) is 1. The van der Waals surface area contributed by atoms with Crippen molar-refractivity contribution in [2.75, 3.05) is 12.4 Å². The van der Waals surface area contributed by atoms with Gasteiger partial charge in [-0.2, -0.15) is 0 Å². The number of anilines is 1. The Labute approximate surface area is 152 Å². The molecule has 0 aromatic heterocycles. The molecule has 4 nitrogen and oxygen atoms in total. The molecule has 0 aliphatic carbocycles. The number of nitrogens with one attached hydrogen (secondary N) is 1. The van der Waals surface area contributed by atoms with Crippen LogP contribution >= 0.6 is 0 Å². The summed E-state index contributed by atoms with van der Waals surface area (Å²) in [5.74, 6) is -0.412. The van der Waals surface area contributed by atoms with Crippen molar-refractivity contribution in [3.63, 3.8) is 0 Å². The van der Waals surface area contributed by atoms with Crippen LogP contribution in [0.2, 0.25) is 0 Å². The van der Waals surface area contributed by atoms with Crippen molar-refractivity contribution in [3.8, 4) is 0 Å². The number of carbonyl (C=O) groups excluding carboxylic acids is 2. The lowest BCUT2D eigenvalue weighted by Crippen LogP contribution is -2.21. The average molecular weight is 345 g/mol. The van der Waals surface area contributed by atoms with Gasteiger partial charge in [0, 0.05) is 11.3 Å². The molecule has 0 unspecified atom stereocenters. The smallest absolute Gasteiger partial charge is 0.337 e. The summed E-state index contributed by atoms with van der Waals surface area (Å²) >= 11 is 0. The van der Waals surface area contributed by atoms with E-state index in [0.717, 1.165) is 11.3 Å². The van der Waals surface area contributed by atoms with Gasteiger partial charge in [-0.1, -0.05) is 60.7 Å². The molecule has 0 saturated carbocycles. The Morgan fingerprint density at radius 3 is 1.92 bits per heavy atom. The Bertz CT molecular complexity index is 874. The highest BCUT2D eigenvalue weighted by Gasteiger charge is 2.21. The van der Waals surface area contributed by atoms with Crippen LogP contribution < -0.4 is 5.32 Å². The van der Waals surface area contributed by atoms with Gasteiger partial charge in [0.05, 0.1) is 12.7 Å². The summed E-state index contributed by atoms with van der Waals surface area (Å²) in [6.07, 6.45) is 0. The molecule has 1 N–H and O–H groups in total. The fraction of sp³-hybridized carbons (Fsp3) is 0.0909. The van der Waals surface area contributed by atoms with Crippen LogP contribution in [-0.4, -0.2) is 18.9 Å². The molecule has 0 bridgehead atoms. The lowest BCUT2D eigenvalue weighted by molar-refractivity contribution is 0.0600. The van der Waals surface area contributed by atoms with E-state index < -0.39 is 12.0 Å². The molecule has 0 saturated heterocycles. The molecule has 3 aromatic carbocycles. The third-order valence-corrected chi connectivity index (χ3v) is 4.07. The first kappa shape index (κ1) is 17.4. The first-order valence-corrected chi connectivity index (χ1v) is 8.28. The largest absolute Gasteiger partial charge is 0.465 e. The number of esters is 1. The summed E-state index contributed by atoms with van der Waals surface area (Å²) in [4.78, 5) is 24.6. The first-order valence-electron chi connectivity index (χ1n) is 8.28. The van der Waals surface area contributed by atoms with Crippen LogP contribution in [0.25, 0.3) is 0 Å². The van der Waals surface area contributed by atoms with Crippen LogP contribution in [0.15, 0.2) is 84.9 Å². The van der Waals surface area contributed by atoms with Gasteiger partial charge in [-0.05, 0) is 29.8 Å². The van der Waals surface area contributed by atoms with Crippen LogP contribution in [0.3, 0.4) is 0 Å². The molecule has 3 aromatic rings. The SMILES string of the molecule is COC(=O)c1ccc(N[C@H](C(=O)c2ccccc2)c2ccccc2)cc1. The number of methoxy groups -OCH3 is 1. The molecule has 1 atom stereocenters. The predicted molar refractivity (Wildman–Crippen MR) is 101 cm³/mol. The number of ether oxygens (including phenoxy) is 1. The Morgan fingerprint density at radius 1 is 0.769 bits per heavy atom. The van der Waals surface area contributed by atoms with Crippen molar-refractivity contribution in [1.29, 1.82) is 0 Å². The molecule has 0 amide bonds. The molecular formula is C22H19NO3. The zero-order valence-corrected chi connectivity index (χ0v) is 14.4. The van der Waals surface area contributed by atoms with Crippen LogP contribution in [0.5, 0.6) is 0 Å². The van der Waals surface area contributed by atoms with Gasteiger partial charge in [0.1, 0.15) is 6.04 Å². The van der Waals surface area contributed by atoms with Crippen molar-refractivity contribution >= 4 is 17.4 Å². The van der Waals surface area contributed by atoms with Gasteiger partial charge in [-0.25, -0.2) is 4.79 Å². The highest BCUT2D eigenvalue weighted by Crippen LogP contribution is 2.24. The fourth-order valence-electron chi connectivity index (χ4n) is 2.70. The minimum atomic E-state index is -0.525. The lowest BCUT2D eigenvalue weighted by atomic mass is 9.97. The van der Waals surface area contributed by atoms with E-state index in [-0.39, 0.29) is 5.78 Å². The van der Waals surface area contributed by atoms with E-state index in [1.807, 2.05) is 48.5 Å². The van der Waals surface area contributed by atoms with Crippen molar-refractivity contribution in [2.45, 2.75) is 6.04 Å². The molecule has 4 heteroatoms. The molecule has 0 radical (unpaired) electrons. The molecule has 0 aliphatic rings. The van der Waals surface area contributed by atoms with Crippen molar-refractivity contribution in [1.82, 2.24) is 0 Å².